The van der Waals surface area contributed by atoms with Gasteiger partial charge in [-0.25, -0.2) is 0 Å². The zero-order valence-corrected chi connectivity index (χ0v) is 9.70. The van der Waals surface area contributed by atoms with Crippen molar-refractivity contribution in [2.24, 2.45) is 0 Å². The van der Waals surface area contributed by atoms with Gasteiger partial charge in [0.05, 0.1) is 13.2 Å². The first-order valence-electron chi connectivity index (χ1n) is 5.95. The van der Waals surface area contributed by atoms with Crippen LogP contribution in [0.2, 0.25) is 0 Å². The Labute approximate surface area is 95.2 Å². The van der Waals surface area contributed by atoms with E-state index in [0.717, 1.165) is 25.1 Å². The van der Waals surface area contributed by atoms with E-state index in [0.29, 0.717) is 12.4 Å². The van der Waals surface area contributed by atoms with Crippen molar-refractivity contribution in [2.45, 2.75) is 51.1 Å². The van der Waals surface area contributed by atoms with Gasteiger partial charge in [-0.3, -0.25) is 0 Å². The van der Waals surface area contributed by atoms with E-state index in [-0.39, 0.29) is 12.1 Å². The fourth-order valence-corrected chi connectivity index (χ4v) is 2.21. The monoisotopic (exact) mass is 225 g/mol. The van der Waals surface area contributed by atoms with Crippen LogP contribution in [0.25, 0.3) is 0 Å². The third-order valence-electron chi connectivity index (χ3n) is 3.30. The minimum atomic E-state index is -0.124. The number of rotatable bonds is 5. The predicted octanol–water partition coefficient (Wildman–Crippen LogP) is 1.03. The smallest absolute Gasteiger partial charge is 0.240 e. The molecule has 0 aromatic carbocycles. The van der Waals surface area contributed by atoms with Crippen LogP contribution in [0.1, 0.15) is 44.3 Å². The molecular weight excluding hydrogens is 206 g/mol. The van der Waals surface area contributed by atoms with E-state index >= 15 is 0 Å². The molecule has 5 heteroatoms. The molecule has 5 nitrogen and oxygen atoms in total. The summed E-state index contributed by atoms with van der Waals surface area (Å²) in [5.74, 6) is 1.35. The van der Waals surface area contributed by atoms with Gasteiger partial charge in [-0.15, -0.1) is 0 Å². The molecule has 0 saturated heterocycles. The van der Waals surface area contributed by atoms with Crippen LogP contribution in [0.4, 0.5) is 0 Å². The molecule has 0 aliphatic heterocycles. The summed E-state index contributed by atoms with van der Waals surface area (Å²) < 4.78 is 5.10. The van der Waals surface area contributed by atoms with Crippen molar-refractivity contribution < 1.29 is 9.63 Å². The first-order chi connectivity index (χ1) is 7.78. The Morgan fingerprint density at radius 2 is 2.19 bits per heavy atom. The van der Waals surface area contributed by atoms with Crippen molar-refractivity contribution >= 4 is 0 Å². The SMILES string of the molecule is CCc1noc(CNC2(CO)CCCC2)n1. The van der Waals surface area contributed by atoms with Gasteiger partial charge in [0.2, 0.25) is 5.89 Å². The third kappa shape index (κ3) is 2.41. The molecule has 90 valence electrons. The van der Waals surface area contributed by atoms with Crippen LogP contribution in [-0.2, 0) is 13.0 Å². The summed E-state index contributed by atoms with van der Waals surface area (Å²) in [4.78, 5) is 4.23. The highest BCUT2D eigenvalue weighted by atomic mass is 16.5. The summed E-state index contributed by atoms with van der Waals surface area (Å²) in [5.41, 5.74) is -0.124. The second-order valence-corrected chi connectivity index (χ2v) is 4.46. The van der Waals surface area contributed by atoms with Gasteiger partial charge in [0.25, 0.3) is 0 Å². The number of aromatic nitrogens is 2. The van der Waals surface area contributed by atoms with E-state index in [2.05, 4.69) is 15.5 Å². The van der Waals surface area contributed by atoms with Crippen molar-refractivity contribution in [1.29, 1.82) is 0 Å². The summed E-state index contributed by atoms with van der Waals surface area (Å²) in [6.07, 6.45) is 5.19. The van der Waals surface area contributed by atoms with E-state index in [1.54, 1.807) is 0 Å². The number of aryl methyl sites for hydroxylation is 1. The number of hydrogen-bond donors (Lipinski definition) is 2. The van der Waals surface area contributed by atoms with Crippen molar-refractivity contribution in [3.8, 4) is 0 Å². The van der Waals surface area contributed by atoms with E-state index < -0.39 is 0 Å². The average Bonchev–Trinajstić information content (AvgIpc) is 2.96. The number of nitrogens with zero attached hydrogens (tertiary/aromatic N) is 2. The molecule has 0 unspecified atom stereocenters. The minimum Gasteiger partial charge on any atom is -0.394 e. The van der Waals surface area contributed by atoms with E-state index in [9.17, 15) is 5.11 Å². The molecule has 1 fully saturated rings. The van der Waals surface area contributed by atoms with Gasteiger partial charge in [-0.2, -0.15) is 4.98 Å². The largest absolute Gasteiger partial charge is 0.394 e. The van der Waals surface area contributed by atoms with Gasteiger partial charge in [0, 0.05) is 12.0 Å². The molecule has 2 N–H and O–H groups in total. The lowest BCUT2D eigenvalue weighted by molar-refractivity contribution is 0.158. The molecule has 0 atom stereocenters. The van der Waals surface area contributed by atoms with Crippen LogP contribution in [0.15, 0.2) is 4.52 Å². The zero-order chi connectivity index (χ0) is 11.4. The first-order valence-corrected chi connectivity index (χ1v) is 5.95. The lowest BCUT2D eigenvalue weighted by atomic mass is 9.99. The Morgan fingerprint density at radius 1 is 1.44 bits per heavy atom. The van der Waals surface area contributed by atoms with Gasteiger partial charge in [-0.1, -0.05) is 24.9 Å². The molecule has 1 aromatic rings. The quantitative estimate of drug-likeness (QED) is 0.783. The molecule has 2 rings (SSSR count). The standard InChI is InChI=1S/C11H19N3O2/c1-2-9-13-10(16-14-9)7-12-11(8-15)5-3-4-6-11/h12,15H,2-8H2,1H3. The normalized spacial score (nSPS) is 19.1. The second-order valence-electron chi connectivity index (χ2n) is 4.46. The summed E-state index contributed by atoms with van der Waals surface area (Å²) in [6, 6.07) is 0. The van der Waals surface area contributed by atoms with Crippen molar-refractivity contribution in [2.75, 3.05) is 6.61 Å². The van der Waals surface area contributed by atoms with Crippen molar-refractivity contribution in [3.63, 3.8) is 0 Å². The number of hydrogen-bond acceptors (Lipinski definition) is 5. The average molecular weight is 225 g/mol. The molecule has 0 bridgehead atoms. The van der Waals surface area contributed by atoms with Gasteiger partial charge >= 0.3 is 0 Å². The number of aliphatic hydroxyl groups excluding tert-OH is 1. The van der Waals surface area contributed by atoms with Gasteiger partial charge in [0.1, 0.15) is 0 Å². The van der Waals surface area contributed by atoms with Gasteiger partial charge in [-0.05, 0) is 12.8 Å². The van der Waals surface area contributed by atoms with Crippen LogP contribution in [0, 0.1) is 0 Å². The Bertz CT molecular complexity index is 332. The molecule has 1 aliphatic carbocycles. The van der Waals surface area contributed by atoms with Crippen molar-refractivity contribution in [1.82, 2.24) is 15.5 Å². The summed E-state index contributed by atoms with van der Waals surface area (Å²) in [7, 11) is 0. The Balaban J connectivity index is 1.90. The third-order valence-corrected chi connectivity index (χ3v) is 3.30. The van der Waals surface area contributed by atoms with E-state index in [4.69, 9.17) is 4.52 Å². The summed E-state index contributed by atoms with van der Waals surface area (Å²) >= 11 is 0. The van der Waals surface area contributed by atoms with Gasteiger partial charge in [0.15, 0.2) is 5.82 Å². The van der Waals surface area contributed by atoms with Crippen LogP contribution in [0.3, 0.4) is 0 Å². The molecule has 1 saturated carbocycles. The fraction of sp³-hybridized carbons (Fsp3) is 0.818. The highest BCUT2D eigenvalue weighted by Gasteiger charge is 2.32. The second kappa shape index (κ2) is 4.93. The number of nitrogens with one attached hydrogen (secondary N) is 1. The van der Waals surface area contributed by atoms with Crippen LogP contribution in [-0.4, -0.2) is 27.4 Å². The topological polar surface area (TPSA) is 71.2 Å². The molecular formula is C11H19N3O2. The minimum absolute atomic E-state index is 0.124. The molecule has 1 aromatic heterocycles. The molecule has 0 radical (unpaired) electrons. The highest BCUT2D eigenvalue weighted by molar-refractivity contribution is 4.94. The fourth-order valence-electron chi connectivity index (χ4n) is 2.21. The highest BCUT2D eigenvalue weighted by Crippen LogP contribution is 2.29. The first kappa shape index (κ1) is 11.5. The predicted molar refractivity (Wildman–Crippen MR) is 58.8 cm³/mol. The Hall–Kier alpha value is -0.940. The zero-order valence-electron chi connectivity index (χ0n) is 9.70. The Kier molecular flexibility index (Phi) is 3.56. The van der Waals surface area contributed by atoms with Crippen molar-refractivity contribution in [3.05, 3.63) is 11.7 Å². The summed E-state index contributed by atoms with van der Waals surface area (Å²) in [6.45, 7) is 2.73. The Morgan fingerprint density at radius 3 is 2.75 bits per heavy atom. The van der Waals surface area contributed by atoms with Crippen LogP contribution in [0.5, 0.6) is 0 Å². The lowest BCUT2D eigenvalue weighted by Gasteiger charge is -2.27. The molecule has 0 spiro atoms. The lowest BCUT2D eigenvalue weighted by Crippen LogP contribution is -2.45. The van der Waals surface area contributed by atoms with E-state index in [1.807, 2.05) is 6.92 Å². The van der Waals surface area contributed by atoms with Crippen LogP contribution < -0.4 is 5.32 Å². The van der Waals surface area contributed by atoms with E-state index in [1.165, 1.54) is 12.8 Å². The number of aliphatic hydroxyl groups is 1. The van der Waals surface area contributed by atoms with Crippen LogP contribution >= 0.6 is 0 Å². The summed E-state index contributed by atoms with van der Waals surface area (Å²) in [5, 5.41) is 16.6. The van der Waals surface area contributed by atoms with Gasteiger partial charge < -0.3 is 14.9 Å². The molecule has 1 aliphatic rings. The molecule has 0 amide bonds. The molecule has 16 heavy (non-hydrogen) atoms. The maximum Gasteiger partial charge on any atom is 0.240 e. The maximum atomic E-state index is 9.42. The maximum absolute atomic E-state index is 9.42. The molecule has 1 heterocycles.